The lowest BCUT2D eigenvalue weighted by Gasteiger charge is -2.21. The molecule has 0 fully saturated rings. The maximum atomic E-state index is 12.5. The summed E-state index contributed by atoms with van der Waals surface area (Å²) in [4.78, 5) is 17.0. The van der Waals surface area contributed by atoms with Crippen molar-refractivity contribution >= 4 is 28.6 Å². The first kappa shape index (κ1) is 15.8. The van der Waals surface area contributed by atoms with Crippen molar-refractivity contribution in [2.24, 2.45) is 0 Å². The van der Waals surface area contributed by atoms with Crippen molar-refractivity contribution in [3.8, 4) is 0 Å². The molecule has 0 bridgehead atoms. The van der Waals surface area contributed by atoms with E-state index in [9.17, 15) is 9.90 Å². The van der Waals surface area contributed by atoms with Gasteiger partial charge in [0.25, 0.3) is 5.91 Å². The highest BCUT2D eigenvalue weighted by molar-refractivity contribution is 7.99. The Labute approximate surface area is 129 Å². The summed E-state index contributed by atoms with van der Waals surface area (Å²) in [6.07, 6.45) is 1.93. The molecule has 4 nitrogen and oxygen atoms in total. The Hall–Kier alpha value is -1.59. The SMILES string of the molecule is CSC(CO)C(C)NC(=O)c1cc(C)nc2ccccc12. The molecule has 0 aliphatic carbocycles. The van der Waals surface area contributed by atoms with E-state index in [0.717, 1.165) is 16.6 Å². The number of nitrogens with one attached hydrogen (secondary N) is 1. The standard InChI is InChI=1S/C16H20N2O2S/c1-10-8-13(12-6-4-5-7-14(12)17-10)16(20)18-11(2)15(9-19)21-3/h4-8,11,15,19H,9H2,1-3H3,(H,18,20). The summed E-state index contributed by atoms with van der Waals surface area (Å²) in [6, 6.07) is 9.31. The lowest BCUT2D eigenvalue weighted by atomic mass is 10.1. The van der Waals surface area contributed by atoms with Crippen LogP contribution in [-0.4, -0.2) is 40.2 Å². The highest BCUT2D eigenvalue weighted by Crippen LogP contribution is 2.19. The van der Waals surface area contributed by atoms with Crippen LogP contribution in [0.15, 0.2) is 30.3 Å². The van der Waals surface area contributed by atoms with Gasteiger partial charge in [-0.3, -0.25) is 9.78 Å². The number of hydrogen-bond donors (Lipinski definition) is 2. The van der Waals surface area contributed by atoms with Gasteiger partial charge in [0.15, 0.2) is 0 Å². The molecule has 0 aliphatic rings. The van der Waals surface area contributed by atoms with Gasteiger partial charge in [0, 0.05) is 22.4 Å². The molecular formula is C16H20N2O2S. The van der Waals surface area contributed by atoms with E-state index in [0.29, 0.717) is 5.56 Å². The zero-order valence-corrected chi connectivity index (χ0v) is 13.3. The zero-order chi connectivity index (χ0) is 15.4. The van der Waals surface area contributed by atoms with Crippen LogP contribution in [-0.2, 0) is 0 Å². The Morgan fingerprint density at radius 3 is 2.81 bits per heavy atom. The maximum absolute atomic E-state index is 12.5. The third-order valence-electron chi connectivity index (χ3n) is 3.49. The van der Waals surface area contributed by atoms with E-state index in [1.807, 2.05) is 44.4 Å². The molecule has 5 heteroatoms. The minimum atomic E-state index is -0.128. The highest BCUT2D eigenvalue weighted by atomic mass is 32.2. The Morgan fingerprint density at radius 2 is 2.14 bits per heavy atom. The summed E-state index contributed by atoms with van der Waals surface area (Å²) >= 11 is 1.54. The Bertz CT molecular complexity index is 641. The first-order valence-corrected chi connectivity index (χ1v) is 8.16. The summed E-state index contributed by atoms with van der Waals surface area (Å²) in [5.74, 6) is -0.128. The number of hydrogen-bond acceptors (Lipinski definition) is 4. The van der Waals surface area contributed by atoms with Gasteiger partial charge in [-0.15, -0.1) is 0 Å². The molecule has 1 heterocycles. The molecule has 1 aromatic carbocycles. The van der Waals surface area contributed by atoms with Crippen molar-refractivity contribution in [1.29, 1.82) is 0 Å². The van der Waals surface area contributed by atoms with E-state index in [-0.39, 0.29) is 23.8 Å². The van der Waals surface area contributed by atoms with E-state index < -0.39 is 0 Å². The number of pyridine rings is 1. The number of fused-ring (bicyclic) bond motifs is 1. The van der Waals surface area contributed by atoms with Crippen LogP contribution in [0.2, 0.25) is 0 Å². The van der Waals surface area contributed by atoms with Gasteiger partial charge < -0.3 is 10.4 Å². The molecule has 0 radical (unpaired) electrons. The molecular weight excluding hydrogens is 284 g/mol. The van der Waals surface area contributed by atoms with Gasteiger partial charge in [0.05, 0.1) is 17.7 Å². The largest absolute Gasteiger partial charge is 0.395 e. The van der Waals surface area contributed by atoms with Crippen LogP contribution in [0.3, 0.4) is 0 Å². The monoisotopic (exact) mass is 304 g/mol. The van der Waals surface area contributed by atoms with Gasteiger partial charge in [-0.1, -0.05) is 18.2 Å². The summed E-state index contributed by atoms with van der Waals surface area (Å²) in [7, 11) is 0. The minimum Gasteiger partial charge on any atom is -0.395 e. The van der Waals surface area contributed by atoms with Gasteiger partial charge in [-0.25, -0.2) is 0 Å². The molecule has 21 heavy (non-hydrogen) atoms. The molecule has 0 saturated heterocycles. The van der Waals surface area contributed by atoms with E-state index in [4.69, 9.17) is 0 Å². The van der Waals surface area contributed by atoms with E-state index >= 15 is 0 Å². The number of benzene rings is 1. The Balaban J connectivity index is 2.31. The molecule has 2 rings (SSSR count). The lowest BCUT2D eigenvalue weighted by molar-refractivity contribution is 0.0937. The van der Waals surface area contributed by atoms with Crippen molar-refractivity contribution in [2.75, 3.05) is 12.9 Å². The zero-order valence-electron chi connectivity index (χ0n) is 12.5. The smallest absolute Gasteiger partial charge is 0.252 e. The van der Waals surface area contributed by atoms with Crippen LogP contribution < -0.4 is 5.32 Å². The Kier molecular flexibility index (Phi) is 5.20. The second kappa shape index (κ2) is 6.91. The normalized spacial score (nSPS) is 13.9. The number of thioether (sulfide) groups is 1. The van der Waals surface area contributed by atoms with Crippen LogP contribution in [0, 0.1) is 6.92 Å². The molecule has 0 saturated carbocycles. The summed E-state index contributed by atoms with van der Waals surface area (Å²) in [6.45, 7) is 3.83. The highest BCUT2D eigenvalue weighted by Gasteiger charge is 2.19. The van der Waals surface area contributed by atoms with Crippen LogP contribution in [0.5, 0.6) is 0 Å². The molecule has 1 amide bonds. The number of aromatic nitrogens is 1. The molecule has 2 N–H and O–H groups in total. The number of aryl methyl sites for hydroxylation is 1. The molecule has 112 valence electrons. The third-order valence-corrected chi connectivity index (χ3v) is 4.65. The van der Waals surface area contributed by atoms with Crippen LogP contribution in [0.4, 0.5) is 0 Å². The van der Waals surface area contributed by atoms with Crippen molar-refractivity contribution in [3.63, 3.8) is 0 Å². The predicted molar refractivity (Wildman–Crippen MR) is 87.8 cm³/mol. The van der Waals surface area contributed by atoms with E-state index in [1.165, 1.54) is 0 Å². The van der Waals surface area contributed by atoms with E-state index in [1.54, 1.807) is 17.8 Å². The number of para-hydroxylation sites is 1. The van der Waals surface area contributed by atoms with Crippen LogP contribution in [0.1, 0.15) is 23.0 Å². The van der Waals surface area contributed by atoms with Gasteiger partial charge in [-0.2, -0.15) is 11.8 Å². The fourth-order valence-electron chi connectivity index (χ4n) is 2.31. The first-order chi connectivity index (χ1) is 10.1. The molecule has 1 aromatic heterocycles. The topological polar surface area (TPSA) is 62.2 Å². The summed E-state index contributed by atoms with van der Waals surface area (Å²) in [5.41, 5.74) is 2.26. The number of nitrogens with zero attached hydrogens (tertiary/aromatic N) is 1. The van der Waals surface area contributed by atoms with Crippen LogP contribution in [0.25, 0.3) is 10.9 Å². The average molecular weight is 304 g/mol. The van der Waals surface area contributed by atoms with Crippen molar-refractivity contribution in [3.05, 3.63) is 41.6 Å². The molecule has 0 aliphatic heterocycles. The minimum absolute atomic E-state index is 0.0110. The summed E-state index contributed by atoms with van der Waals surface area (Å²) in [5, 5.41) is 13.1. The quantitative estimate of drug-likeness (QED) is 0.890. The average Bonchev–Trinajstić information content (AvgIpc) is 2.47. The van der Waals surface area contributed by atoms with Crippen molar-refractivity contribution in [2.45, 2.75) is 25.1 Å². The van der Waals surface area contributed by atoms with Gasteiger partial charge in [0.1, 0.15) is 0 Å². The fraction of sp³-hybridized carbons (Fsp3) is 0.375. The van der Waals surface area contributed by atoms with Crippen LogP contribution >= 0.6 is 11.8 Å². The number of amides is 1. The van der Waals surface area contributed by atoms with Gasteiger partial charge in [0.2, 0.25) is 0 Å². The maximum Gasteiger partial charge on any atom is 0.252 e. The van der Waals surface area contributed by atoms with Crippen molar-refractivity contribution in [1.82, 2.24) is 10.3 Å². The number of aliphatic hydroxyl groups excluding tert-OH is 1. The lowest BCUT2D eigenvalue weighted by Crippen LogP contribution is -2.41. The number of carbonyl (C=O) groups is 1. The Morgan fingerprint density at radius 1 is 1.43 bits per heavy atom. The van der Waals surface area contributed by atoms with Gasteiger partial charge >= 0.3 is 0 Å². The number of carbonyl (C=O) groups excluding carboxylic acids is 1. The first-order valence-electron chi connectivity index (χ1n) is 6.87. The third kappa shape index (κ3) is 3.54. The van der Waals surface area contributed by atoms with Crippen molar-refractivity contribution < 1.29 is 9.90 Å². The molecule has 2 aromatic rings. The number of rotatable bonds is 5. The predicted octanol–water partition coefficient (Wildman–Crippen LogP) is 2.39. The molecule has 2 unspecified atom stereocenters. The molecule has 2 atom stereocenters. The second-order valence-electron chi connectivity index (χ2n) is 5.05. The fourth-order valence-corrected chi connectivity index (χ4v) is 2.94. The van der Waals surface area contributed by atoms with E-state index in [2.05, 4.69) is 10.3 Å². The van der Waals surface area contributed by atoms with Gasteiger partial charge in [-0.05, 0) is 32.2 Å². The summed E-state index contributed by atoms with van der Waals surface area (Å²) < 4.78 is 0. The number of aliphatic hydroxyl groups is 1. The molecule has 0 spiro atoms. The second-order valence-corrected chi connectivity index (χ2v) is 6.12.